The van der Waals surface area contributed by atoms with Crippen molar-refractivity contribution in [1.29, 1.82) is 0 Å². The van der Waals surface area contributed by atoms with Gasteiger partial charge in [0.15, 0.2) is 0 Å². The number of quaternary nitrogens is 2. The van der Waals surface area contributed by atoms with Crippen molar-refractivity contribution in [3.05, 3.63) is 0 Å². The van der Waals surface area contributed by atoms with Crippen molar-refractivity contribution in [2.75, 3.05) is 47.8 Å². The summed E-state index contributed by atoms with van der Waals surface area (Å²) >= 11 is 0. The minimum Gasteiger partial charge on any atom is -0.870 e. The SMILES string of the molecule is CCCC[N+](C)(C)CC.CC[NH+](C)C.[OH-].[OH-]. The van der Waals surface area contributed by atoms with Crippen molar-refractivity contribution in [3.63, 3.8) is 0 Å². The summed E-state index contributed by atoms with van der Waals surface area (Å²) in [5, 5.41) is 0. The summed E-state index contributed by atoms with van der Waals surface area (Å²) in [6.45, 7) is 10.5. The summed E-state index contributed by atoms with van der Waals surface area (Å²) in [7, 11) is 8.85. The fraction of sp³-hybridized carbons (Fsp3) is 1.00. The van der Waals surface area contributed by atoms with E-state index in [1.165, 1.54) is 41.9 Å². The molecule has 0 amide bonds. The van der Waals surface area contributed by atoms with Crippen molar-refractivity contribution in [3.8, 4) is 0 Å². The molecule has 0 saturated heterocycles. The van der Waals surface area contributed by atoms with Crippen molar-refractivity contribution in [2.45, 2.75) is 33.6 Å². The molecule has 0 heterocycles. The average molecular weight is 238 g/mol. The molecule has 0 atom stereocenters. The van der Waals surface area contributed by atoms with Crippen LogP contribution < -0.4 is 4.90 Å². The number of unbranched alkanes of at least 4 members (excludes halogenated alkanes) is 1. The van der Waals surface area contributed by atoms with Crippen LogP contribution >= 0.6 is 0 Å². The topological polar surface area (TPSA) is 64.4 Å². The smallest absolute Gasteiger partial charge is 0.0782 e. The molecule has 0 aromatic carbocycles. The number of hydrogen-bond acceptors (Lipinski definition) is 2. The summed E-state index contributed by atoms with van der Waals surface area (Å²) in [4.78, 5) is 1.50. The van der Waals surface area contributed by atoms with Gasteiger partial charge in [-0.3, -0.25) is 0 Å². The lowest BCUT2D eigenvalue weighted by Crippen LogP contribution is -3.05. The third-order valence-corrected chi connectivity index (χ3v) is 2.68. The molecule has 4 nitrogen and oxygen atoms in total. The normalized spacial score (nSPS) is 9.75. The van der Waals surface area contributed by atoms with E-state index in [4.69, 9.17) is 0 Å². The molecule has 0 radical (unpaired) electrons. The molecule has 0 saturated carbocycles. The van der Waals surface area contributed by atoms with E-state index in [-0.39, 0.29) is 11.0 Å². The minimum absolute atomic E-state index is 0. The van der Waals surface area contributed by atoms with Gasteiger partial charge in [0, 0.05) is 0 Å². The second-order valence-electron chi connectivity index (χ2n) is 4.89. The molecular formula is C12H34N2O2. The molecule has 0 aliphatic rings. The van der Waals surface area contributed by atoms with Gasteiger partial charge < -0.3 is 20.3 Å². The zero-order valence-corrected chi connectivity index (χ0v) is 12.4. The number of hydrogen-bond donors (Lipinski definition) is 1. The highest BCUT2D eigenvalue weighted by Gasteiger charge is 2.08. The maximum absolute atomic E-state index is 2.29. The van der Waals surface area contributed by atoms with Crippen LogP contribution in [0.5, 0.6) is 0 Å². The molecule has 0 rings (SSSR count). The van der Waals surface area contributed by atoms with E-state index < -0.39 is 0 Å². The first-order valence-corrected chi connectivity index (χ1v) is 6.00. The van der Waals surface area contributed by atoms with Crippen LogP contribution in [0.2, 0.25) is 0 Å². The molecule has 104 valence electrons. The Hall–Kier alpha value is -0.160. The van der Waals surface area contributed by atoms with Crippen molar-refractivity contribution >= 4 is 0 Å². The summed E-state index contributed by atoms with van der Waals surface area (Å²) in [5.74, 6) is 0. The molecule has 4 heteroatoms. The van der Waals surface area contributed by atoms with E-state index in [2.05, 4.69) is 49.0 Å². The second kappa shape index (κ2) is 14.8. The van der Waals surface area contributed by atoms with Crippen LogP contribution in [0.1, 0.15) is 33.6 Å². The maximum atomic E-state index is 2.29. The summed E-state index contributed by atoms with van der Waals surface area (Å²) in [6.07, 6.45) is 2.68. The van der Waals surface area contributed by atoms with Crippen LogP contribution in [0.4, 0.5) is 0 Å². The van der Waals surface area contributed by atoms with Gasteiger partial charge >= 0.3 is 0 Å². The molecule has 0 aromatic rings. The lowest BCUT2D eigenvalue weighted by atomic mass is 10.3. The van der Waals surface area contributed by atoms with E-state index in [1.807, 2.05) is 0 Å². The van der Waals surface area contributed by atoms with Gasteiger partial charge in [-0.05, 0) is 20.3 Å². The maximum Gasteiger partial charge on any atom is 0.0782 e. The van der Waals surface area contributed by atoms with Crippen molar-refractivity contribution in [2.24, 2.45) is 0 Å². The molecule has 0 aliphatic heterocycles. The van der Waals surface area contributed by atoms with Crippen LogP contribution in [0.3, 0.4) is 0 Å². The standard InChI is InChI=1S/C8H20N.C4H11N.2H2O/c1-5-7-8-9(3,4)6-2;1-4-5(2)3;;/h5-8H2,1-4H3;4H2,1-3H3;2*1H2/q+1;;;/p-1. The molecule has 0 unspecified atom stereocenters. The van der Waals surface area contributed by atoms with Crippen molar-refractivity contribution in [1.82, 2.24) is 0 Å². The first-order chi connectivity index (χ1) is 6.39. The van der Waals surface area contributed by atoms with Gasteiger partial charge in [0.2, 0.25) is 0 Å². The molecule has 0 aromatic heterocycles. The molecule has 0 bridgehead atoms. The van der Waals surface area contributed by atoms with Gasteiger partial charge in [-0.15, -0.1) is 0 Å². The highest BCUT2D eigenvalue weighted by atomic mass is 16.0. The average Bonchev–Trinajstić information content (AvgIpc) is 2.16. The first-order valence-electron chi connectivity index (χ1n) is 6.00. The molecule has 16 heavy (non-hydrogen) atoms. The number of nitrogens with zero attached hydrogens (tertiary/aromatic N) is 1. The first kappa shape index (κ1) is 24.9. The monoisotopic (exact) mass is 238 g/mol. The highest BCUT2D eigenvalue weighted by molar-refractivity contribution is 4.31. The van der Waals surface area contributed by atoms with Crippen LogP contribution in [0, 0.1) is 0 Å². The van der Waals surface area contributed by atoms with E-state index in [1.54, 1.807) is 0 Å². The fourth-order valence-corrected chi connectivity index (χ4v) is 0.744. The van der Waals surface area contributed by atoms with Crippen LogP contribution in [-0.2, 0) is 0 Å². The predicted molar refractivity (Wildman–Crippen MR) is 69.6 cm³/mol. The van der Waals surface area contributed by atoms with Crippen LogP contribution in [-0.4, -0.2) is 63.3 Å². The van der Waals surface area contributed by atoms with E-state index >= 15 is 0 Å². The highest BCUT2D eigenvalue weighted by Crippen LogP contribution is 1.99. The zero-order chi connectivity index (χ0) is 11.6. The lowest BCUT2D eigenvalue weighted by molar-refractivity contribution is -0.888. The molecule has 0 aliphatic carbocycles. The zero-order valence-electron chi connectivity index (χ0n) is 12.4. The number of nitrogens with one attached hydrogen (secondary N) is 1. The minimum atomic E-state index is 0. The third kappa shape index (κ3) is 23.6. The second-order valence-corrected chi connectivity index (χ2v) is 4.89. The Morgan fingerprint density at radius 3 is 1.50 bits per heavy atom. The Balaban J connectivity index is -0.0000000904. The van der Waals surface area contributed by atoms with E-state index in [0.29, 0.717) is 0 Å². The Labute approximate surface area is 102 Å². The van der Waals surface area contributed by atoms with Crippen LogP contribution in [0.15, 0.2) is 0 Å². The van der Waals surface area contributed by atoms with Gasteiger partial charge in [0.1, 0.15) is 0 Å². The Kier molecular flexibility index (Phi) is 23.1. The quantitative estimate of drug-likeness (QED) is 0.716. The predicted octanol–water partition coefficient (Wildman–Crippen LogP) is 0.680. The fourth-order valence-electron chi connectivity index (χ4n) is 0.744. The van der Waals surface area contributed by atoms with Gasteiger partial charge in [0.05, 0.1) is 47.8 Å². The van der Waals surface area contributed by atoms with E-state index in [9.17, 15) is 0 Å². The molecule has 3 N–H and O–H groups in total. The lowest BCUT2D eigenvalue weighted by Gasteiger charge is -2.27. The van der Waals surface area contributed by atoms with Crippen LogP contribution in [0.25, 0.3) is 0 Å². The summed E-state index contributed by atoms with van der Waals surface area (Å²) < 4.78 is 1.17. The third-order valence-electron chi connectivity index (χ3n) is 2.68. The Morgan fingerprint density at radius 2 is 1.31 bits per heavy atom. The van der Waals surface area contributed by atoms with Crippen molar-refractivity contribution < 1.29 is 20.3 Å². The Bertz CT molecular complexity index is 118. The summed E-state index contributed by atoms with van der Waals surface area (Å²) in [5.41, 5.74) is 0. The van der Waals surface area contributed by atoms with Gasteiger partial charge in [0.25, 0.3) is 0 Å². The molecule has 0 spiro atoms. The van der Waals surface area contributed by atoms with Gasteiger partial charge in [-0.25, -0.2) is 0 Å². The Morgan fingerprint density at radius 1 is 0.938 bits per heavy atom. The number of rotatable bonds is 5. The van der Waals surface area contributed by atoms with Gasteiger partial charge in [-0.2, -0.15) is 0 Å². The largest absolute Gasteiger partial charge is 0.870 e. The molecular weight excluding hydrogens is 204 g/mol. The van der Waals surface area contributed by atoms with E-state index in [0.717, 1.165) is 0 Å². The molecule has 0 fully saturated rings. The van der Waals surface area contributed by atoms with Gasteiger partial charge in [-0.1, -0.05) is 13.3 Å². The summed E-state index contributed by atoms with van der Waals surface area (Å²) in [6, 6.07) is 0.